The smallest absolute Gasteiger partial charge is 0.335 e. The average Bonchev–Trinajstić information content (AvgIpc) is 2.90. The lowest BCUT2D eigenvalue weighted by molar-refractivity contribution is -0.120. The molecule has 1 aromatic carbocycles. The molecule has 0 radical (unpaired) electrons. The zero-order valence-electron chi connectivity index (χ0n) is 10.2. The van der Waals surface area contributed by atoms with Gasteiger partial charge < -0.3 is 10.0 Å². The summed E-state index contributed by atoms with van der Waals surface area (Å²) in [5.41, 5.74) is 1.25. The Morgan fingerprint density at radius 3 is 2.39 bits per heavy atom. The van der Waals surface area contributed by atoms with Gasteiger partial charge in [-0.05, 0) is 30.5 Å². The molecular formula is C14H17NO3. The average molecular weight is 247 g/mol. The first-order valence-corrected chi connectivity index (χ1v) is 6.24. The summed E-state index contributed by atoms with van der Waals surface area (Å²) in [4.78, 5) is 23.7. The van der Waals surface area contributed by atoms with Crippen LogP contribution in [0.3, 0.4) is 0 Å². The van der Waals surface area contributed by atoms with Crippen LogP contribution >= 0.6 is 0 Å². The van der Waals surface area contributed by atoms with Gasteiger partial charge in [0.05, 0.1) is 5.56 Å². The summed E-state index contributed by atoms with van der Waals surface area (Å²) in [5, 5.41) is 8.81. The number of carbonyl (C=O) groups excluding carboxylic acids is 1. The fraction of sp³-hybridized carbons (Fsp3) is 0.429. The molecule has 18 heavy (non-hydrogen) atoms. The Morgan fingerprint density at radius 2 is 1.89 bits per heavy atom. The number of hydrogen-bond acceptors (Lipinski definition) is 2. The van der Waals surface area contributed by atoms with Crippen LogP contribution in [0.5, 0.6) is 0 Å². The van der Waals surface area contributed by atoms with Gasteiger partial charge >= 0.3 is 5.97 Å². The number of benzene rings is 1. The van der Waals surface area contributed by atoms with Gasteiger partial charge in [0.1, 0.15) is 0 Å². The standard InChI is InChI=1S/C14H17NO3/c16-10-15(13-3-1-2-4-13)9-11-5-7-12(8-6-11)14(17)18/h5-8,10,13H,1-4,9H2,(H,17,18). The third kappa shape index (κ3) is 2.88. The van der Waals surface area contributed by atoms with Crippen molar-refractivity contribution in [3.63, 3.8) is 0 Å². The van der Waals surface area contributed by atoms with Crippen molar-refractivity contribution in [2.45, 2.75) is 38.3 Å². The summed E-state index contributed by atoms with van der Waals surface area (Å²) in [5.74, 6) is -0.926. The van der Waals surface area contributed by atoms with Gasteiger partial charge in [0.15, 0.2) is 0 Å². The molecule has 1 aliphatic rings. The second-order valence-electron chi connectivity index (χ2n) is 4.72. The zero-order chi connectivity index (χ0) is 13.0. The number of aromatic carboxylic acids is 1. The summed E-state index contributed by atoms with van der Waals surface area (Å²) in [6.45, 7) is 0.564. The number of nitrogens with zero attached hydrogens (tertiary/aromatic N) is 1. The number of hydrogen-bond donors (Lipinski definition) is 1. The molecule has 0 aliphatic heterocycles. The van der Waals surface area contributed by atoms with Gasteiger partial charge in [-0.25, -0.2) is 4.79 Å². The van der Waals surface area contributed by atoms with Crippen molar-refractivity contribution in [2.75, 3.05) is 0 Å². The van der Waals surface area contributed by atoms with Gasteiger partial charge in [-0.2, -0.15) is 0 Å². The van der Waals surface area contributed by atoms with E-state index >= 15 is 0 Å². The van der Waals surface area contributed by atoms with Crippen LogP contribution in [0.1, 0.15) is 41.6 Å². The molecule has 0 heterocycles. The quantitative estimate of drug-likeness (QED) is 0.812. The van der Waals surface area contributed by atoms with Crippen LogP contribution in [0.15, 0.2) is 24.3 Å². The minimum atomic E-state index is -0.926. The minimum Gasteiger partial charge on any atom is -0.478 e. The summed E-state index contributed by atoms with van der Waals surface area (Å²) in [7, 11) is 0. The highest BCUT2D eigenvalue weighted by Crippen LogP contribution is 2.23. The number of amides is 1. The van der Waals surface area contributed by atoms with E-state index in [9.17, 15) is 9.59 Å². The summed E-state index contributed by atoms with van der Waals surface area (Å²) in [6, 6.07) is 7.05. The summed E-state index contributed by atoms with van der Waals surface area (Å²) < 4.78 is 0. The van der Waals surface area contributed by atoms with Gasteiger partial charge in [-0.1, -0.05) is 25.0 Å². The molecule has 96 valence electrons. The monoisotopic (exact) mass is 247 g/mol. The fourth-order valence-corrected chi connectivity index (χ4v) is 2.45. The molecule has 0 aromatic heterocycles. The van der Waals surface area contributed by atoms with Crippen molar-refractivity contribution in [3.8, 4) is 0 Å². The minimum absolute atomic E-state index is 0.275. The maximum atomic E-state index is 11.1. The highest BCUT2D eigenvalue weighted by Gasteiger charge is 2.21. The Kier molecular flexibility index (Phi) is 3.97. The molecule has 1 amide bonds. The van der Waals surface area contributed by atoms with Crippen LogP contribution in [0, 0.1) is 0 Å². The molecule has 0 spiro atoms. The topological polar surface area (TPSA) is 57.6 Å². The third-order valence-electron chi connectivity index (χ3n) is 3.50. The van der Waals surface area contributed by atoms with Crippen LogP contribution < -0.4 is 0 Å². The molecule has 0 saturated heterocycles. The molecule has 0 bridgehead atoms. The maximum absolute atomic E-state index is 11.1. The maximum Gasteiger partial charge on any atom is 0.335 e. The van der Waals surface area contributed by atoms with Crippen LogP contribution in [-0.2, 0) is 11.3 Å². The molecular weight excluding hydrogens is 230 g/mol. The number of carbonyl (C=O) groups is 2. The third-order valence-corrected chi connectivity index (χ3v) is 3.50. The lowest BCUT2D eigenvalue weighted by Crippen LogP contribution is -2.31. The molecule has 1 N–H and O–H groups in total. The van der Waals surface area contributed by atoms with Crippen molar-refractivity contribution in [1.29, 1.82) is 0 Å². The molecule has 1 saturated carbocycles. The SMILES string of the molecule is O=CN(Cc1ccc(C(=O)O)cc1)C1CCCC1. The van der Waals surface area contributed by atoms with E-state index in [0.717, 1.165) is 24.8 Å². The molecule has 0 unspecified atom stereocenters. The van der Waals surface area contributed by atoms with Crippen molar-refractivity contribution >= 4 is 12.4 Å². The van der Waals surface area contributed by atoms with E-state index in [0.29, 0.717) is 12.6 Å². The normalized spacial score (nSPS) is 15.6. The summed E-state index contributed by atoms with van der Waals surface area (Å²) >= 11 is 0. The van der Waals surface area contributed by atoms with E-state index in [4.69, 9.17) is 5.11 Å². The molecule has 1 aromatic rings. The Labute approximate surface area is 106 Å². The van der Waals surface area contributed by atoms with E-state index < -0.39 is 5.97 Å². The Hall–Kier alpha value is -1.84. The van der Waals surface area contributed by atoms with Gasteiger partial charge in [0.25, 0.3) is 0 Å². The molecule has 0 atom stereocenters. The molecule has 2 rings (SSSR count). The molecule has 1 aliphatic carbocycles. The Balaban J connectivity index is 2.02. The number of carboxylic acids is 1. The summed E-state index contributed by atoms with van der Waals surface area (Å²) in [6.07, 6.45) is 5.43. The molecule has 4 nitrogen and oxygen atoms in total. The van der Waals surface area contributed by atoms with E-state index in [2.05, 4.69) is 0 Å². The highest BCUT2D eigenvalue weighted by atomic mass is 16.4. The largest absolute Gasteiger partial charge is 0.478 e. The van der Waals surface area contributed by atoms with E-state index in [1.165, 1.54) is 12.8 Å². The van der Waals surface area contributed by atoms with Crippen molar-refractivity contribution in [1.82, 2.24) is 4.90 Å². The van der Waals surface area contributed by atoms with E-state index in [1.54, 1.807) is 24.3 Å². The Bertz CT molecular complexity index is 421. The molecule has 4 heteroatoms. The van der Waals surface area contributed by atoms with Crippen LogP contribution in [0.25, 0.3) is 0 Å². The zero-order valence-corrected chi connectivity index (χ0v) is 10.2. The second-order valence-corrected chi connectivity index (χ2v) is 4.72. The first kappa shape index (κ1) is 12.6. The number of carboxylic acid groups (broad SMARTS) is 1. The van der Waals surface area contributed by atoms with E-state index in [1.807, 2.05) is 4.90 Å². The van der Waals surface area contributed by atoms with E-state index in [-0.39, 0.29) is 5.56 Å². The van der Waals surface area contributed by atoms with Crippen LogP contribution in [0.2, 0.25) is 0 Å². The van der Waals surface area contributed by atoms with Gasteiger partial charge in [-0.3, -0.25) is 4.79 Å². The lowest BCUT2D eigenvalue weighted by Gasteiger charge is -2.24. The van der Waals surface area contributed by atoms with Crippen molar-refractivity contribution in [2.24, 2.45) is 0 Å². The number of rotatable bonds is 5. The second kappa shape index (κ2) is 5.67. The highest BCUT2D eigenvalue weighted by molar-refractivity contribution is 5.87. The Morgan fingerprint density at radius 1 is 1.28 bits per heavy atom. The van der Waals surface area contributed by atoms with Crippen molar-refractivity contribution in [3.05, 3.63) is 35.4 Å². The lowest BCUT2D eigenvalue weighted by atomic mass is 10.1. The van der Waals surface area contributed by atoms with Gasteiger partial charge in [-0.15, -0.1) is 0 Å². The predicted molar refractivity (Wildman–Crippen MR) is 67.3 cm³/mol. The van der Waals surface area contributed by atoms with Crippen LogP contribution in [-0.4, -0.2) is 28.4 Å². The first-order chi connectivity index (χ1) is 8.70. The predicted octanol–water partition coefficient (Wildman–Crippen LogP) is 2.29. The fourth-order valence-electron chi connectivity index (χ4n) is 2.45. The van der Waals surface area contributed by atoms with Gasteiger partial charge in [0.2, 0.25) is 6.41 Å². The first-order valence-electron chi connectivity index (χ1n) is 6.24. The van der Waals surface area contributed by atoms with Crippen molar-refractivity contribution < 1.29 is 14.7 Å². The van der Waals surface area contributed by atoms with Crippen LogP contribution in [0.4, 0.5) is 0 Å². The molecule has 1 fully saturated rings. The van der Waals surface area contributed by atoms with Gasteiger partial charge in [0, 0.05) is 12.6 Å².